The summed E-state index contributed by atoms with van der Waals surface area (Å²) in [5.41, 5.74) is 7.98. The van der Waals surface area contributed by atoms with Crippen LogP contribution in [-0.2, 0) is 0 Å². The minimum Gasteiger partial charge on any atom is -0.439 e. The van der Waals surface area contributed by atoms with Crippen molar-refractivity contribution in [1.29, 1.82) is 0 Å². The molecular formula is C16H20N2O. The fraction of sp³-hybridized carbons (Fsp3) is 0.312. The number of para-hydroxylation sites is 1. The zero-order valence-corrected chi connectivity index (χ0v) is 11.6. The summed E-state index contributed by atoms with van der Waals surface area (Å²) in [5, 5.41) is 0. The molecule has 0 aliphatic rings. The van der Waals surface area contributed by atoms with Gasteiger partial charge in [-0.2, -0.15) is 0 Å². The number of pyridine rings is 1. The van der Waals surface area contributed by atoms with E-state index in [4.69, 9.17) is 10.5 Å². The Labute approximate surface area is 114 Å². The van der Waals surface area contributed by atoms with Gasteiger partial charge in [0.1, 0.15) is 5.75 Å². The molecular weight excluding hydrogens is 236 g/mol. The van der Waals surface area contributed by atoms with E-state index in [2.05, 4.69) is 24.9 Å². The van der Waals surface area contributed by atoms with Crippen molar-refractivity contribution in [1.82, 2.24) is 4.98 Å². The number of hydrogen-bond acceptors (Lipinski definition) is 3. The standard InChI is InChI=1S/C16H20N2O/c1-11(2)14-6-4-5-7-15(14)19-16-9-8-13(10-18-16)12(3)17/h4-12H,17H2,1-3H3. The third-order valence-electron chi connectivity index (χ3n) is 3.04. The Morgan fingerprint density at radius 3 is 2.37 bits per heavy atom. The molecule has 0 aliphatic carbocycles. The average Bonchev–Trinajstić information content (AvgIpc) is 2.39. The van der Waals surface area contributed by atoms with Gasteiger partial charge >= 0.3 is 0 Å². The maximum Gasteiger partial charge on any atom is 0.219 e. The molecule has 0 saturated heterocycles. The van der Waals surface area contributed by atoms with Crippen LogP contribution in [0.5, 0.6) is 11.6 Å². The van der Waals surface area contributed by atoms with Gasteiger partial charge in [0.15, 0.2) is 0 Å². The van der Waals surface area contributed by atoms with Crippen molar-refractivity contribution in [3.05, 3.63) is 53.7 Å². The van der Waals surface area contributed by atoms with Crippen LogP contribution in [-0.4, -0.2) is 4.98 Å². The van der Waals surface area contributed by atoms with E-state index in [0.717, 1.165) is 11.3 Å². The van der Waals surface area contributed by atoms with Gasteiger partial charge in [-0.3, -0.25) is 0 Å². The molecule has 2 rings (SSSR count). The maximum atomic E-state index is 5.85. The van der Waals surface area contributed by atoms with Crippen molar-refractivity contribution in [2.75, 3.05) is 0 Å². The van der Waals surface area contributed by atoms with Gasteiger partial charge in [0.25, 0.3) is 0 Å². The molecule has 3 nitrogen and oxygen atoms in total. The Morgan fingerprint density at radius 2 is 1.79 bits per heavy atom. The van der Waals surface area contributed by atoms with Crippen molar-refractivity contribution >= 4 is 0 Å². The molecule has 0 radical (unpaired) electrons. The Morgan fingerprint density at radius 1 is 1.05 bits per heavy atom. The van der Waals surface area contributed by atoms with E-state index in [-0.39, 0.29) is 6.04 Å². The van der Waals surface area contributed by atoms with E-state index in [1.807, 2.05) is 37.3 Å². The highest BCUT2D eigenvalue weighted by Crippen LogP contribution is 2.29. The monoisotopic (exact) mass is 256 g/mol. The second-order valence-corrected chi connectivity index (χ2v) is 5.01. The van der Waals surface area contributed by atoms with Crippen molar-refractivity contribution < 1.29 is 4.74 Å². The molecule has 0 spiro atoms. The van der Waals surface area contributed by atoms with Crippen molar-refractivity contribution in [3.63, 3.8) is 0 Å². The Hall–Kier alpha value is -1.87. The largest absolute Gasteiger partial charge is 0.439 e. The SMILES string of the molecule is CC(C)c1ccccc1Oc1ccc(C(C)N)cn1. The quantitative estimate of drug-likeness (QED) is 0.898. The minimum atomic E-state index is -0.00972. The maximum absolute atomic E-state index is 5.85. The molecule has 1 unspecified atom stereocenters. The average molecular weight is 256 g/mol. The number of aromatic nitrogens is 1. The highest BCUT2D eigenvalue weighted by Gasteiger charge is 2.08. The first-order valence-electron chi connectivity index (χ1n) is 6.56. The van der Waals surface area contributed by atoms with Gasteiger partial charge in [-0.1, -0.05) is 38.1 Å². The van der Waals surface area contributed by atoms with Crippen LogP contribution in [0, 0.1) is 0 Å². The van der Waals surface area contributed by atoms with Crippen LogP contribution in [0.1, 0.15) is 43.9 Å². The molecule has 1 aromatic heterocycles. The molecule has 2 N–H and O–H groups in total. The first-order chi connectivity index (χ1) is 9.08. The van der Waals surface area contributed by atoms with E-state index < -0.39 is 0 Å². The van der Waals surface area contributed by atoms with Crippen LogP contribution in [0.15, 0.2) is 42.6 Å². The molecule has 1 atom stereocenters. The van der Waals surface area contributed by atoms with Gasteiger partial charge in [0, 0.05) is 18.3 Å². The summed E-state index contributed by atoms with van der Waals surface area (Å²) in [7, 11) is 0. The fourth-order valence-electron chi connectivity index (χ4n) is 1.88. The third kappa shape index (κ3) is 3.32. The first-order valence-corrected chi connectivity index (χ1v) is 6.56. The van der Waals surface area contributed by atoms with E-state index in [1.54, 1.807) is 6.20 Å². The van der Waals surface area contributed by atoms with Gasteiger partial charge in [-0.05, 0) is 30.0 Å². The van der Waals surface area contributed by atoms with Crippen LogP contribution >= 0.6 is 0 Å². The van der Waals surface area contributed by atoms with Crippen molar-refractivity contribution in [2.45, 2.75) is 32.7 Å². The Kier molecular flexibility index (Phi) is 4.17. The van der Waals surface area contributed by atoms with E-state index in [9.17, 15) is 0 Å². The second kappa shape index (κ2) is 5.85. The lowest BCUT2D eigenvalue weighted by Gasteiger charge is -2.13. The molecule has 3 heteroatoms. The van der Waals surface area contributed by atoms with E-state index in [1.165, 1.54) is 5.56 Å². The van der Waals surface area contributed by atoms with Crippen LogP contribution in [0.2, 0.25) is 0 Å². The van der Waals surface area contributed by atoms with Crippen molar-refractivity contribution in [3.8, 4) is 11.6 Å². The highest BCUT2D eigenvalue weighted by molar-refractivity contribution is 5.38. The highest BCUT2D eigenvalue weighted by atomic mass is 16.5. The molecule has 0 saturated carbocycles. The molecule has 0 bridgehead atoms. The predicted octanol–water partition coefficient (Wildman–Crippen LogP) is 4.02. The molecule has 1 heterocycles. The fourth-order valence-corrected chi connectivity index (χ4v) is 1.88. The normalized spacial score (nSPS) is 12.5. The number of hydrogen-bond donors (Lipinski definition) is 1. The van der Waals surface area contributed by atoms with Crippen LogP contribution in [0.3, 0.4) is 0 Å². The summed E-state index contributed by atoms with van der Waals surface area (Å²) < 4.78 is 5.85. The van der Waals surface area contributed by atoms with Gasteiger partial charge in [-0.25, -0.2) is 4.98 Å². The summed E-state index contributed by atoms with van der Waals surface area (Å²) >= 11 is 0. The lowest BCUT2D eigenvalue weighted by molar-refractivity contribution is 0.454. The van der Waals surface area contributed by atoms with Crippen LogP contribution < -0.4 is 10.5 Å². The number of benzene rings is 1. The van der Waals surface area contributed by atoms with Gasteiger partial charge in [0.05, 0.1) is 0 Å². The first kappa shape index (κ1) is 13.6. The minimum absolute atomic E-state index is 0.00972. The predicted molar refractivity (Wildman–Crippen MR) is 77.4 cm³/mol. The number of rotatable bonds is 4. The molecule has 0 fully saturated rings. The summed E-state index contributed by atoms with van der Waals surface area (Å²) in [6.45, 7) is 6.23. The third-order valence-corrected chi connectivity index (χ3v) is 3.04. The molecule has 19 heavy (non-hydrogen) atoms. The van der Waals surface area contributed by atoms with Crippen LogP contribution in [0.25, 0.3) is 0 Å². The molecule has 1 aromatic carbocycles. The number of nitrogens with two attached hydrogens (primary N) is 1. The van der Waals surface area contributed by atoms with Gasteiger partial charge < -0.3 is 10.5 Å². The van der Waals surface area contributed by atoms with E-state index >= 15 is 0 Å². The zero-order chi connectivity index (χ0) is 13.8. The van der Waals surface area contributed by atoms with Gasteiger partial charge in [0.2, 0.25) is 5.88 Å². The van der Waals surface area contributed by atoms with E-state index in [0.29, 0.717) is 11.8 Å². The molecule has 0 amide bonds. The lowest BCUT2D eigenvalue weighted by atomic mass is 10.0. The molecule has 100 valence electrons. The summed E-state index contributed by atoms with van der Waals surface area (Å²) in [4.78, 5) is 4.29. The molecule has 2 aromatic rings. The Balaban J connectivity index is 2.21. The number of nitrogens with zero attached hydrogens (tertiary/aromatic N) is 1. The van der Waals surface area contributed by atoms with Crippen molar-refractivity contribution in [2.24, 2.45) is 5.73 Å². The summed E-state index contributed by atoms with van der Waals surface area (Å²) in [6, 6.07) is 11.8. The lowest BCUT2D eigenvalue weighted by Crippen LogP contribution is -2.05. The smallest absolute Gasteiger partial charge is 0.219 e. The summed E-state index contributed by atoms with van der Waals surface area (Å²) in [6.07, 6.45) is 1.76. The molecule has 0 aliphatic heterocycles. The van der Waals surface area contributed by atoms with Crippen LogP contribution in [0.4, 0.5) is 0 Å². The zero-order valence-electron chi connectivity index (χ0n) is 11.6. The second-order valence-electron chi connectivity index (χ2n) is 5.01. The van der Waals surface area contributed by atoms with Gasteiger partial charge in [-0.15, -0.1) is 0 Å². The summed E-state index contributed by atoms with van der Waals surface area (Å²) in [5.74, 6) is 1.87. The topological polar surface area (TPSA) is 48.1 Å². The Bertz CT molecular complexity index is 533. The number of ether oxygens (including phenoxy) is 1.